The molecule has 0 bridgehead atoms. The van der Waals surface area contributed by atoms with E-state index in [0.717, 1.165) is 58.2 Å². The molecule has 4 rings (SSSR count). The lowest BCUT2D eigenvalue weighted by molar-refractivity contribution is 0.130. The fourth-order valence-electron chi connectivity index (χ4n) is 5.28. The van der Waals surface area contributed by atoms with E-state index in [1.54, 1.807) is 36.4 Å². The van der Waals surface area contributed by atoms with Crippen LogP contribution < -0.4 is 10.6 Å². The number of nitriles is 1. The van der Waals surface area contributed by atoms with Crippen LogP contribution in [0.3, 0.4) is 0 Å². The Balaban J connectivity index is 1.25. The van der Waals surface area contributed by atoms with E-state index in [0.29, 0.717) is 23.1 Å². The quantitative estimate of drug-likeness (QED) is 0.627. The minimum Gasteiger partial charge on any atom is -0.335 e. The minimum atomic E-state index is -0.194. The van der Waals surface area contributed by atoms with Crippen LogP contribution in [0.2, 0.25) is 0 Å². The first-order valence-corrected chi connectivity index (χ1v) is 12.1. The van der Waals surface area contributed by atoms with Gasteiger partial charge in [0.05, 0.1) is 11.6 Å². The normalized spacial score (nSPS) is 21.8. The average molecular weight is 449 g/mol. The number of rotatable bonds is 6. The third-order valence-electron chi connectivity index (χ3n) is 7.11. The number of nitrogens with one attached hydrogen (secondary N) is 2. The van der Waals surface area contributed by atoms with Crippen molar-refractivity contribution in [1.82, 2.24) is 10.2 Å². The third kappa shape index (κ3) is 6.79. The maximum absolute atomic E-state index is 13.1. The first-order valence-electron chi connectivity index (χ1n) is 12.1. The van der Waals surface area contributed by atoms with Crippen LogP contribution in [-0.2, 0) is 6.42 Å². The van der Waals surface area contributed by atoms with E-state index < -0.39 is 0 Å². The highest BCUT2D eigenvalue weighted by Gasteiger charge is 2.29. The fourth-order valence-corrected chi connectivity index (χ4v) is 5.28. The Hall–Kier alpha value is -2.91. The van der Waals surface area contributed by atoms with Crippen molar-refractivity contribution in [2.45, 2.75) is 51.0 Å². The molecule has 1 aliphatic carbocycles. The summed E-state index contributed by atoms with van der Waals surface area (Å²) in [7, 11) is 0. The van der Waals surface area contributed by atoms with E-state index in [9.17, 15) is 9.18 Å². The minimum absolute atomic E-state index is 0.173. The van der Waals surface area contributed by atoms with Gasteiger partial charge in [-0.05, 0) is 92.9 Å². The lowest BCUT2D eigenvalue weighted by Crippen LogP contribution is -2.48. The van der Waals surface area contributed by atoms with Crippen LogP contribution in [0, 0.1) is 29.0 Å². The summed E-state index contributed by atoms with van der Waals surface area (Å²) >= 11 is 0. The second-order valence-corrected chi connectivity index (χ2v) is 9.52. The van der Waals surface area contributed by atoms with Crippen molar-refractivity contribution in [3.05, 3.63) is 65.5 Å². The van der Waals surface area contributed by atoms with Crippen LogP contribution in [-0.4, -0.2) is 36.6 Å². The Morgan fingerprint density at radius 2 is 1.82 bits per heavy atom. The second-order valence-electron chi connectivity index (χ2n) is 9.52. The second kappa shape index (κ2) is 11.3. The Morgan fingerprint density at radius 3 is 2.58 bits per heavy atom. The van der Waals surface area contributed by atoms with Gasteiger partial charge >= 0.3 is 6.03 Å². The number of anilines is 1. The molecule has 33 heavy (non-hydrogen) atoms. The number of carbonyl (C=O) groups excluding carboxylic acids is 1. The van der Waals surface area contributed by atoms with Gasteiger partial charge in [-0.3, -0.25) is 0 Å². The lowest BCUT2D eigenvalue weighted by Gasteiger charge is -2.39. The van der Waals surface area contributed by atoms with Crippen LogP contribution in [0.4, 0.5) is 14.9 Å². The Bertz CT molecular complexity index is 963. The van der Waals surface area contributed by atoms with Gasteiger partial charge in [-0.2, -0.15) is 5.26 Å². The van der Waals surface area contributed by atoms with Gasteiger partial charge < -0.3 is 15.5 Å². The van der Waals surface area contributed by atoms with E-state index in [4.69, 9.17) is 5.26 Å². The van der Waals surface area contributed by atoms with Crippen molar-refractivity contribution in [3.63, 3.8) is 0 Å². The number of nitrogens with zero attached hydrogens (tertiary/aromatic N) is 2. The molecule has 0 radical (unpaired) electrons. The predicted molar refractivity (Wildman–Crippen MR) is 128 cm³/mol. The number of halogens is 1. The molecule has 2 aromatic carbocycles. The highest BCUT2D eigenvalue weighted by atomic mass is 19.1. The van der Waals surface area contributed by atoms with Gasteiger partial charge in [-0.25, -0.2) is 9.18 Å². The third-order valence-corrected chi connectivity index (χ3v) is 7.11. The molecule has 2 unspecified atom stereocenters. The zero-order chi connectivity index (χ0) is 23.0. The van der Waals surface area contributed by atoms with Crippen molar-refractivity contribution in [3.8, 4) is 6.07 Å². The molecule has 1 saturated heterocycles. The molecule has 0 spiro atoms. The fraction of sp³-hybridized carbons (Fsp3) is 0.481. The molecule has 1 aliphatic heterocycles. The standard InChI is InChI=1S/C27H33FN4O/c28-24-10-8-20(9-11-24)16-21-12-14-32(15-13-21)19-23-5-1-2-7-26(23)31-27(33)30-25-6-3-4-22(17-25)18-29/h3-4,6,8-11,17,21,23,26H,1-2,5,7,12-16,19H2,(H2,30,31,33). The Kier molecular flexibility index (Phi) is 7.96. The summed E-state index contributed by atoms with van der Waals surface area (Å²) in [6, 6.07) is 16.0. The molecule has 2 aliphatic rings. The number of hydrogen-bond donors (Lipinski definition) is 2. The largest absolute Gasteiger partial charge is 0.335 e. The summed E-state index contributed by atoms with van der Waals surface area (Å²) < 4.78 is 13.1. The topological polar surface area (TPSA) is 68.2 Å². The zero-order valence-corrected chi connectivity index (χ0v) is 19.1. The van der Waals surface area contributed by atoms with Crippen LogP contribution in [0.15, 0.2) is 48.5 Å². The summed E-state index contributed by atoms with van der Waals surface area (Å²) in [6.45, 7) is 3.20. The molecule has 0 aromatic heterocycles. The average Bonchev–Trinajstić information content (AvgIpc) is 2.83. The number of hydrogen-bond acceptors (Lipinski definition) is 3. The van der Waals surface area contributed by atoms with E-state index >= 15 is 0 Å². The van der Waals surface area contributed by atoms with Gasteiger partial charge in [0.2, 0.25) is 0 Å². The summed E-state index contributed by atoms with van der Waals surface area (Å²) in [4.78, 5) is 15.2. The van der Waals surface area contributed by atoms with Gasteiger partial charge in [0.1, 0.15) is 5.82 Å². The number of benzene rings is 2. The lowest BCUT2D eigenvalue weighted by atomic mass is 9.83. The molecule has 2 fully saturated rings. The van der Waals surface area contributed by atoms with Crippen LogP contribution in [0.1, 0.15) is 49.7 Å². The number of amides is 2. The summed E-state index contributed by atoms with van der Waals surface area (Å²) in [5.41, 5.74) is 2.39. The molecule has 174 valence electrons. The van der Waals surface area contributed by atoms with Gasteiger partial charge in [0.15, 0.2) is 0 Å². The molecular weight excluding hydrogens is 415 g/mol. The molecule has 1 saturated carbocycles. The van der Waals surface area contributed by atoms with Gasteiger partial charge in [0.25, 0.3) is 0 Å². The van der Waals surface area contributed by atoms with Crippen LogP contribution >= 0.6 is 0 Å². The summed E-state index contributed by atoms with van der Waals surface area (Å²) in [6.07, 6.45) is 7.87. The molecule has 2 atom stereocenters. The first kappa shape index (κ1) is 23.3. The predicted octanol–water partition coefficient (Wildman–Crippen LogP) is 5.33. The smallest absolute Gasteiger partial charge is 0.319 e. The van der Waals surface area contributed by atoms with Crippen molar-refractivity contribution in [2.24, 2.45) is 11.8 Å². The van der Waals surface area contributed by atoms with Gasteiger partial charge in [-0.15, -0.1) is 0 Å². The Morgan fingerprint density at radius 1 is 1.06 bits per heavy atom. The SMILES string of the molecule is N#Cc1cccc(NC(=O)NC2CCCCC2CN2CCC(Cc3ccc(F)cc3)CC2)c1. The van der Waals surface area contributed by atoms with Crippen molar-refractivity contribution >= 4 is 11.7 Å². The first-order chi connectivity index (χ1) is 16.1. The van der Waals surface area contributed by atoms with Gasteiger partial charge in [0, 0.05) is 18.3 Å². The van der Waals surface area contributed by atoms with Crippen molar-refractivity contribution < 1.29 is 9.18 Å². The molecule has 1 heterocycles. The molecular formula is C27H33FN4O. The van der Waals surface area contributed by atoms with Crippen molar-refractivity contribution in [1.29, 1.82) is 5.26 Å². The Labute approximate surface area is 196 Å². The number of urea groups is 1. The molecule has 2 N–H and O–H groups in total. The molecule has 6 heteroatoms. The van der Waals surface area contributed by atoms with E-state index in [1.165, 1.54) is 12.0 Å². The number of carbonyl (C=O) groups is 1. The monoisotopic (exact) mass is 448 g/mol. The van der Waals surface area contributed by atoms with Gasteiger partial charge in [-0.1, -0.05) is 31.0 Å². The highest BCUT2D eigenvalue weighted by molar-refractivity contribution is 5.89. The molecule has 2 aromatic rings. The highest BCUT2D eigenvalue weighted by Crippen LogP contribution is 2.28. The molecule has 5 nitrogen and oxygen atoms in total. The summed E-state index contributed by atoms with van der Waals surface area (Å²) in [5.74, 6) is 0.944. The van der Waals surface area contributed by atoms with E-state index in [1.807, 2.05) is 12.1 Å². The summed E-state index contributed by atoms with van der Waals surface area (Å²) in [5, 5.41) is 15.1. The van der Waals surface area contributed by atoms with Crippen LogP contribution in [0.5, 0.6) is 0 Å². The van der Waals surface area contributed by atoms with Crippen molar-refractivity contribution in [2.75, 3.05) is 25.0 Å². The molecule has 2 amide bonds. The number of piperidine rings is 1. The van der Waals surface area contributed by atoms with E-state index in [2.05, 4.69) is 21.6 Å². The zero-order valence-electron chi connectivity index (χ0n) is 19.1. The van der Waals surface area contributed by atoms with Crippen LogP contribution in [0.25, 0.3) is 0 Å². The maximum Gasteiger partial charge on any atom is 0.319 e. The maximum atomic E-state index is 13.1. The van der Waals surface area contributed by atoms with E-state index in [-0.39, 0.29) is 17.9 Å². The number of likely N-dealkylation sites (tertiary alicyclic amines) is 1.